The van der Waals surface area contributed by atoms with E-state index in [2.05, 4.69) is 48.5 Å². The number of hydrogen-bond donors (Lipinski definition) is 0. The Morgan fingerprint density at radius 1 is 0.500 bits per heavy atom. The molecule has 4 nitrogen and oxygen atoms in total. The van der Waals surface area contributed by atoms with Gasteiger partial charge in [-0.25, -0.2) is 0 Å². The molecule has 0 unspecified atom stereocenters. The van der Waals surface area contributed by atoms with Gasteiger partial charge in [-0.15, -0.1) is 0 Å². The van der Waals surface area contributed by atoms with Crippen LogP contribution in [0.5, 0.6) is 0 Å². The van der Waals surface area contributed by atoms with Crippen molar-refractivity contribution in [2.75, 3.05) is 26.4 Å². The molecule has 0 bridgehead atoms. The standard InChI is InChI=1S/C18H18O4/c1-5-15(17-19-9-10-20-17)6-2-13(1)14-3-7-16(8-4-14)18-21-11-12-22-18/h1-8,17-18H,9-12H2. The van der Waals surface area contributed by atoms with E-state index < -0.39 is 0 Å². The third kappa shape index (κ3) is 2.78. The first kappa shape index (κ1) is 13.9. The van der Waals surface area contributed by atoms with Gasteiger partial charge in [0.1, 0.15) is 0 Å². The van der Waals surface area contributed by atoms with Crippen molar-refractivity contribution >= 4 is 0 Å². The van der Waals surface area contributed by atoms with Crippen molar-refractivity contribution in [2.24, 2.45) is 0 Å². The van der Waals surface area contributed by atoms with Gasteiger partial charge in [-0.05, 0) is 11.1 Å². The lowest BCUT2D eigenvalue weighted by molar-refractivity contribution is -0.0443. The van der Waals surface area contributed by atoms with Gasteiger partial charge < -0.3 is 18.9 Å². The van der Waals surface area contributed by atoms with Crippen LogP contribution < -0.4 is 0 Å². The van der Waals surface area contributed by atoms with E-state index in [4.69, 9.17) is 18.9 Å². The average Bonchev–Trinajstić information content (AvgIpc) is 3.29. The predicted octanol–water partition coefficient (Wildman–Crippen LogP) is 3.44. The van der Waals surface area contributed by atoms with Crippen molar-refractivity contribution in [3.05, 3.63) is 59.7 Å². The van der Waals surface area contributed by atoms with Crippen molar-refractivity contribution in [3.8, 4) is 11.1 Å². The summed E-state index contributed by atoms with van der Waals surface area (Å²) in [6.07, 6.45) is -0.429. The van der Waals surface area contributed by atoms with Gasteiger partial charge in [-0.2, -0.15) is 0 Å². The number of rotatable bonds is 3. The van der Waals surface area contributed by atoms with Crippen LogP contribution in [-0.4, -0.2) is 26.4 Å². The van der Waals surface area contributed by atoms with Crippen LogP contribution in [0.15, 0.2) is 48.5 Å². The van der Waals surface area contributed by atoms with E-state index in [-0.39, 0.29) is 12.6 Å². The maximum absolute atomic E-state index is 5.51. The summed E-state index contributed by atoms with van der Waals surface area (Å²) in [6, 6.07) is 16.6. The fourth-order valence-corrected chi connectivity index (χ4v) is 2.77. The minimum absolute atomic E-state index is 0.215. The largest absolute Gasteiger partial charge is 0.346 e. The topological polar surface area (TPSA) is 36.9 Å². The van der Waals surface area contributed by atoms with Crippen molar-refractivity contribution in [2.45, 2.75) is 12.6 Å². The molecule has 0 amide bonds. The second kappa shape index (κ2) is 6.18. The van der Waals surface area contributed by atoms with E-state index in [1.54, 1.807) is 0 Å². The maximum Gasteiger partial charge on any atom is 0.184 e. The molecule has 0 saturated carbocycles. The summed E-state index contributed by atoms with van der Waals surface area (Å²) in [4.78, 5) is 0. The Morgan fingerprint density at radius 3 is 1.14 bits per heavy atom. The summed E-state index contributed by atoms with van der Waals surface area (Å²) >= 11 is 0. The van der Waals surface area contributed by atoms with Gasteiger partial charge in [0.25, 0.3) is 0 Å². The zero-order chi connectivity index (χ0) is 14.8. The van der Waals surface area contributed by atoms with Crippen LogP contribution in [-0.2, 0) is 18.9 Å². The molecule has 0 spiro atoms. The van der Waals surface area contributed by atoms with Crippen LogP contribution in [0, 0.1) is 0 Å². The second-order valence-corrected chi connectivity index (χ2v) is 5.39. The van der Waals surface area contributed by atoms with E-state index in [0.29, 0.717) is 26.4 Å². The Kier molecular flexibility index (Phi) is 3.91. The number of benzene rings is 2. The van der Waals surface area contributed by atoms with Crippen molar-refractivity contribution < 1.29 is 18.9 Å². The average molecular weight is 298 g/mol. The fraction of sp³-hybridized carbons (Fsp3) is 0.333. The van der Waals surface area contributed by atoms with Crippen LogP contribution in [0.4, 0.5) is 0 Å². The van der Waals surface area contributed by atoms with Crippen LogP contribution in [0.2, 0.25) is 0 Å². The highest BCUT2D eigenvalue weighted by atomic mass is 16.7. The van der Waals surface area contributed by atoms with Gasteiger partial charge >= 0.3 is 0 Å². The molecule has 0 N–H and O–H groups in total. The van der Waals surface area contributed by atoms with Gasteiger partial charge in [0.2, 0.25) is 0 Å². The van der Waals surface area contributed by atoms with Crippen molar-refractivity contribution in [1.29, 1.82) is 0 Å². The quantitative estimate of drug-likeness (QED) is 0.870. The highest BCUT2D eigenvalue weighted by molar-refractivity contribution is 5.64. The molecular weight excluding hydrogens is 280 g/mol. The van der Waals surface area contributed by atoms with Gasteiger partial charge in [-0.3, -0.25) is 0 Å². The van der Waals surface area contributed by atoms with Crippen LogP contribution in [0.25, 0.3) is 11.1 Å². The summed E-state index contributed by atoms with van der Waals surface area (Å²) < 4.78 is 22.0. The lowest BCUT2D eigenvalue weighted by atomic mass is 10.0. The monoisotopic (exact) mass is 298 g/mol. The van der Waals surface area contributed by atoms with E-state index in [1.165, 1.54) is 11.1 Å². The second-order valence-electron chi connectivity index (χ2n) is 5.39. The zero-order valence-corrected chi connectivity index (χ0v) is 12.2. The van der Waals surface area contributed by atoms with Crippen LogP contribution >= 0.6 is 0 Å². The smallest absolute Gasteiger partial charge is 0.184 e. The first-order chi connectivity index (χ1) is 10.9. The van der Waals surface area contributed by atoms with Gasteiger partial charge in [0.05, 0.1) is 26.4 Å². The summed E-state index contributed by atoms with van der Waals surface area (Å²) in [5.74, 6) is 0. The molecule has 0 aromatic heterocycles. The summed E-state index contributed by atoms with van der Waals surface area (Å²) in [7, 11) is 0. The molecule has 2 aliphatic heterocycles. The van der Waals surface area contributed by atoms with E-state index in [9.17, 15) is 0 Å². The molecule has 4 heteroatoms. The van der Waals surface area contributed by atoms with Crippen molar-refractivity contribution in [1.82, 2.24) is 0 Å². The molecule has 0 radical (unpaired) electrons. The molecule has 114 valence electrons. The summed E-state index contributed by atoms with van der Waals surface area (Å²) in [5.41, 5.74) is 4.46. The Hall–Kier alpha value is -1.72. The highest BCUT2D eigenvalue weighted by Crippen LogP contribution is 2.28. The lowest BCUT2D eigenvalue weighted by Gasteiger charge is -2.11. The van der Waals surface area contributed by atoms with E-state index in [0.717, 1.165) is 11.1 Å². The van der Waals surface area contributed by atoms with Crippen LogP contribution in [0.1, 0.15) is 23.7 Å². The third-order valence-corrected chi connectivity index (χ3v) is 3.94. The van der Waals surface area contributed by atoms with Gasteiger partial charge in [-0.1, -0.05) is 48.5 Å². The maximum atomic E-state index is 5.51. The molecule has 22 heavy (non-hydrogen) atoms. The van der Waals surface area contributed by atoms with Gasteiger partial charge in [0.15, 0.2) is 12.6 Å². The SMILES string of the molecule is c1cc(C2OCCO2)ccc1-c1ccc(C2OCCO2)cc1. The van der Waals surface area contributed by atoms with Gasteiger partial charge in [0, 0.05) is 11.1 Å². The van der Waals surface area contributed by atoms with E-state index >= 15 is 0 Å². The molecule has 2 aromatic carbocycles. The molecule has 0 aliphatic carbocycles. The molecular formula is C18H18O4. The molecule has 2 aliphatic rings. The minimum Gasteiger partial charge on any atom is -0.346 e. The highest BCUT2D eigenvalue weighted by Gasteiger charge is 2.19. The van der Waals surface area contributed by atoms with E-state index in [1.807, 2.05) is 0 Å². The molecule has 4 rings (SSSR count). The minimum atomic E-state index is -0.215. The Labute approximate surface area is 129 Å². The molecule has 2 heterocycles. The Bertz CT molecular complexity index is 551. The lowest BCUT2D eigenvalue weighted by Crippen LogP contribution is -1.98. The first-order valence-electron chi connectivity index (χ1n) is 7.57. The third-order valence-electron chi connectivity index (χ3n) is 3.94. The predicted molar refractivity (Wildman–Crippen MR) is 81.2 cm³/mol. The fourth-order valence-electron chi connectivity index (χ4n) is 2.77. The molecule has 0 atom stereocenters. The number of ether oxygens (including phenoxy) is 4. The molecule has 2 aromatic rings. The molecule has 2 saturated heterocycles. The van der Waals surface area contributed by atoms with Crippen molar-refractivity contribution in [3.63, 3.8) is 0 Å². The Morgan fingerprint density at radius 2 is 0.818 bits per heavy atom. The molecule has 2 fully saturated rings. The zero-order valence-electron chi connectivity index (χ0n) is 12.2. The number of hydrogen-bond acceptors (Lipinski definition) is 4. The summed E-state index contributed by atoms with van der Waals surface area (Å²) in [6.45, 7) is 2.66. The summed E-state index contributed by atoms with van der Waals surface area (Å²) in [5, 5.41) is 0. The normalized spacial score (nSPS) is 19.8. The van der Waals surface area contributed by atoms with Crippen LogP contribution in [0.3, 0.4) is 0 Å². The Balaban J connectivity index is 1.51. The first-order valence-corrected chi connectivity index (χ1v) is 7.57.